The van der Waals surface area contributed by atoms with Gasteiger partial charge >= 0.3 is 0 Å². The fourth-order valence-corrected chi connectivity index (χ4v) is 6.32. The van der Waals surface area contributed by atoms with Crippen molar-refractivity contribution in [3.8, 4) is 28.0 Å². The van der Waals surface area contributed by atoms with Crippen LogP contribution in [0.3, 0.4) is 0 Å². The van der Waals surface area contributed by atoms with Crippen molar-refractivity contribution >= 4 is 29.4 Å². The van der Waals surface area contributed by atoms with Crippen molar-refractivity contribution in [3.05, 3.63) is 72.0 Å². The third-order valence-electron chi connectivity index (χ3n) is 7.79. The van der Waals surface area contributed by atoms with Gasteiger partial charge in [0.1, 0.15) is 11.6 Å². The van der Waals surface area contributed by atoms with Crippen LogP contribution in [0.25, 0.3) is 22.3 Å². The number of carbonyl (C=O) groups excluding carboxylic acids is 1. The van der Waals surface area contributed by atoms with Gasteiger partial charge in [-0.05, 0) is 62.6 Å². The Morgan fingerprint density at radius 2 is 1.70 bits per heavy atom. The monoisotopic (exact) mass is 563 g/mol. The molecule has 2 aliphatic heterocycles. The molecule has 3 heterocycles. The lowest BCUT2D eigenvalue weighted by Crippen LogP contribution is -2.56. The predicted octanol–water partition coefficient (Wildman–Crippen LogP) is 5.97. The van der Waals surface area contributed by atoms with Crippen LogP contribution in [0.4, 0.5) is 15.8 Å². The Labute approximate surface area is 240 Å². The van der Waals surface area contributed by atoms with Gasteiger partial charge in [0.2, 0.25) is 6.41 Å². The molecule has 1 N–H and O–H groups in total. The van der Waals surface area contributed by atoms with E-state index in [0.717, 1.165) is 18.8 Å². The van der Waals surface area contributed by atoms with Crippen molar-refractivity contribution in [3.63, 3.8) is 0 Å². The second-order valence-electron chi connectivity index (χ2n) is 11.1. The van der Waals surface area contributed by atoms with Crippen LogP contribution in [0.2, 0.25) is 5.02 Å². The van der Waals surface area contributed by atoms with Crippen LogP contribution in [-0.4, -0.2) is 71.6 Å². The molecule has 0 saturated carbocycles. The van der Waals surface area contributed by atoms with Gasteiger partial charge in [-0.25, -0.2) is 4.39 Å². The van der Waals surface area contributed by atoms with E-state index >= 15 is 0 Å². The number of carbonyl (C=O) groups is 1. The minimum absolute atomic E-state index is 0.0615. The highest BCUT2D eigenvalue weighted by Gasteiger charge is 2.41. The Kier molecular flexibility index (Phi) is 8.01. The summed E-state index contributed by atoms with van der Waals surface area (Å²) in [7, 11) is 3.69. The first-order valence-corrected chi connectivity index (χ1v) is 13.9. The van der Waals surface area contributed by atoms with E-state index in [9.17, 15) is 14.3 Å². The van der Waals surface area contributed by atoms with Crippen molar-refractivity contribution in [2.75, 3.05) is 37.0 Å². The minimum Gasteiger partial charge on any atom is -0.507 e. The number of aromatic nitrogens is 1. The summed E-state index contributed by atoms with van der Waals surface area (Å²) in [5, 5.41) is 11.6. The number of halogens is 2. The number of benzene rings is 2. The van der Waals surface area contributed by atoms with E-state index < -0.39 is 5.82 Å². The summed E-state index contributed by atoms with van der Waals surface area (Å²) in [5.41, 5.74) is 3.27. The molecule has 2 fully saturated rings. The average Bonchev–Trinajstić information content (AvgIpc) is 3.20. The van der Waals surface area contributed by atoms with Crippen LogP contribution in [0.15, 0.2) is 61.2 Å². The molecule has 2 saturated heterocycles. The first kappa shape index (κ1) is 27.9. The third kappa shape index (κ3) is 5.51. The maximum absolute atomic E-state index is 15.0. The zero-order valence-corrected chi connectivity index (χ0v) is 24.0. The van der Waals surface area contributed by atoms with Crippen LogP contribution in [-0.2, 0) is 4.79 Å². The number of anilines is 2. The van der Waals surface area contributed by atoms with Crippen LogP contribution < -0.4 is 9.80 Å². The molecule has 7 nitrogen and oxygen atoms in total. The van der Waals surface area contributed by atoms with Gasteiger partial charge in [0.15, 0.2) is 0 Å². The fraction of sp³-hybridized carbons (Fsp3) is 0.355. The zero-order chi connectivity index (χ0) is 28.6. The number of piperazine rings is 1. The topological polar surface area (TPSA) is 63.2 Å². The van der Waals surface area contributed by atoms with Crippen molar-refractivity contribution in [2.45, 2.75) is 44.8 Å². The number of hydrogen-bond acceptors (Lipinski definition) is 6. The lowest BCUT2D eigenvalue weighted by Gasteiger charge is -2.44. The summed E-state index contributed by atoms with van der Waals surface area (Å²) in [4.78, 5) is 24.2. The SMILES string of the molecule is CC(C)N1C2CCC1CN(c1cncc(-c3cc(F)cc(-c4ccc(N(C=O)/C=C\N(C)C)c(Cl)c4)c3O)c1)C2. The van der Waals surface area contributed by atoms with Crippen LogP contribution in [0, 0.1) is 5.82 Å². The van der Waals surface area contributed by atoms with Gasteiger partial charge in [-0.15, -0.1) is 0 Å². The average molecular weight is 564 g/mol. The molecule has 210 valence electrons. The van der Waals surface area contributed by atoms with Crippen molar-refractivity contribution in [2.24, 2.45) is 0 Å². The number of phenolic OH excluding ortho intramolecular Hbond substituents is 1. The first-order chi connectivity index (χ1) is 19.2. The standard InChI is InChI=1S/C31H35ClFN5O2/c1-20(2)38-24-6-7-25(38)18-37(17-24)26-11-22(15-34-16-26)28-14-23(33)13-27(31(28)40)21-5-8-30(29(32)12-21)36(19-39)10-9-35(3)4/h5,8-16,19-20,24-25,40H,6-7,17-18H2,1-4H3/b10-9-. The Balaban J connectivity index is 1.45. The molecule has 2 aromatic carbocycles. The van der Waals surface area contributed by atoms with Gasteiger partial charge in [-0.3, -0.25) is 19.6 Å². The molecule has 1 amide bonds. The summed E-state index contributed by atoms with van der Waals surface area (Å²) in [6.07, 6.45) is 9.85. The Morgan fingerprint density at radius 1 is 1.02 bits per heavy atom. The van der Waals surface area contributed by atoms with E-state index in [4.69, 9.17) is 11.6 Å². The molecular weight excluding hydrogens is 529 g/mol. The smallest absolute Gasteiger partial charge is 0.218 e. The zero-order valence-electron chi connectivity index (χ0n) is 23.3. The van der Waals surface area contributed by atoms with E-state index in [1.807, 2.05) is 26.4 Å². The summed E-state index contributed by atoms with van der Waals surface area (Å²) in [6.45, 7) is 6.36. The Morgan fingerprint density at radius 3 is 2.30 bits per heavy atom. The van der Waals surface area contributed by atoms with Gasteiger partial charge in [0.05, 0.1) is 22.6 Å². The number of nitrogens with zero attached hydrogens (tertiary/aromatic N) is 5. The second kappa shape index (κ2) is 11.5. The number of aromatic hydroxyl groups is 1. The number of pyridine rings is 1. The maximum atomic E-state index is 15.0. The number of hydrogen-bond donors (Lipinski definition) is 1. The first-order valence-electron chi connectivity index (χ1n) is 13.5. The summed E-state index contributed by atoms with van der Waals surface area (Å²) < 4.78 is 15.0. The number of rotatable bonds is 8. The lowest BCUT2D eigenvalue weighted by atomic mass is 9.97. The van der Waals surface area contributed by atoms with Gasteiger partial charge in [-0.2, -0.15) is 0 Å². The molecule has 0 spiro atoms. The summed E-state index contributed by atoms with van der Waals surface area (Å²) >= 11 is 6.54. The van der Waals surface area contributed by atoms with E-state index in [1.165, 1.54) is 29.9 Å². The molecule has 2 aliphatic rings. The third-order valence-corrected chi connectivity index (χ3v) is 8.09. The van der Waals surface area contributed by atoms with Gasteiger partial charge in [-0.1, -0.05) is 17.7 Å². The highest BCUT2D eigenvalue weighted by atomic mass is 35.5. The lowest BCUT2D eigenvalue weighted by molar-refractivity contribution is -0.106. The quantitative estimate of drug-likeness (QED) is 0.341. The number of phenols is 1. The normalized spacial score (nSPS) is 19.0. The second-order valence-corrected chi connectivity index (χ2v) is 11.5. The van der Waals surface area contributed by atoms with Gasteiger partial charge in [0.25, 0.3) is 0 Å². The number of amides is 1. The van der Waals surface area contributed by atoms with E-state index in [-0.39, 0.29) is 10.8 Å². The molecule has 40 heavy (non-hydrogen) atoms. The molecule has 2 unspecified atom stereocenters. The molecule has 2 bridgehead atoms. The Hall–Kier alpha value is -3.62. The molecular formula is C31H35ClFN5O2. The molecule has 0 aliphatic carbocycles. The molecule has 0 radical (unpaired) electrons. The summed E-state index contributed by atoms with van der Waals surface area (Å²) in [6, 6.07) is 11.1. The van der Waals surface area contributed by atoms with E-state index in [2.05, 4.69) is 28.6 Å². The molecule has 5 rings (SSSR count). The number of fused-ring (bicyclic) bond motifs is 2. The molecule has 2 atom stereocenters. The molecule has 3 aromatic rings. The van der Waals surface area contributed by atoms with Crippen LogP contribution in [0.1, 0.15) is 26.7 Å². The fourth-order valence-electron chi connectivity index (χ4n) is 6.04. The predicted molar refractivity (Wildman–Crippen MR) is 159 cm³/mol. The highest BCUT2D eigenvalue weighted by molar-refractivity contribution is 6.34. The van der Waals surface area contributed by atoms with E-state index in [0.29, 0.717) is 52.5 Å². The highest BCUT2D eigenvalue weighted by Crippen LogP contribution is 2.42. The minimum atomic E-state index is -0.486. The maximum Gasteiger partial charge on any atom is 0.218 e. The largest absolute Gasteiger partial charge is 0.507 e. The van der Waals surface area contributed by atoms with Crippen molar-refractivity contribution < 1.29 is 14.3 Å². The Bertz CT molecular complexity index is 1410. The summed E-state index contributed by atoms with van der Waals surface area (Å²) in [5.74, 6) is -0.547. The van der Waals surface area contributed by atoms with Gasteiger partial charge in [0, 0.05) is 80.6 Å². The van der Waals surface area contributed by atoms with Gasteiger partial charge < -0.3 is 14.9 Å². The van der Waals surface area contributed by atoms with E-state index in [1.54, 1.807) is 41.7 Å². The molecule has 9 heteroatoms. The van der Waals surface area contributed by atoms with Crippen molar-refractivity contribution in [1.29, 1.82) is 0 Å². The van der Waals surface area contributed by atoms with Crippen LogP contribution >= 0.6 is 11.6 Å². The van der Waals surface area contributed by atoms with Crippen molar-refractivity contribution in [1.82, 2.24) is 14.8 Å². The molecule has 1 aromatic heterocycles. The van der Waals surface area contributed by atoms with Crippen LogP contribution in [0.5, 0.6) is 5.75 Å².